The molecule has 0 fully saturated rings. The molecule has 0 spiro atoms. The molecule has 0 aliphatic carbocycles. The van der Waals surface area contributed by atoms with Crippen LogP contribution in [0.2, 0.25) is 0 Å². The van der Waals surface area contributed by atoms with Crippen molar-refractivity contribution < 1.29 is 0 Å². The molecule has 0 amide bonds. The Morgan fingerprint density at radius 2 is 1.26 bits per heavy atom. The maximum absolute atomic E-state index is 9.04. The van der Waals surface area contributed by atoms with Crippen molar-refractivity contribution in [3.63, 3.8) is 0 Å². The van der Waals surface area contributed by atoms with Gasteiger partial charge in [-0.1, -0.05) is 46.8 Å². The van der Waals surface area contributed by atoms with E-state index in [9.17, 15) is 0 Å². The molecule has 0 rings (SSSR count). The van der Waals surface area contributed by atoms with Gasteiger partial charge in [0.2, 0.25) is 0 Å². The van der Waals surface area contributed by atoms with E-state index < -0.39 is 0 Å². The highest BCUT2D eigenvalue weighted by molar-refractivity contribution is 5.55. The summed E-state index contributed by atoms with van der Waals surface area (Å²) in [5, 5.41) is 18.1. The molecule has 0 unspecified atom stereocenters. The molecule has 0 saturated heterocycles. The first-order valence-electron chi connectivity index (χ1n) is 6.86. The third-order valence-corrected chi connectivity index (χ3v) is 2.11. The minimum absolute atomic E-state index is 0.537. The Balaban J connectivity index is -0.000000579. The summed E-state index contributed by atoms with van der Waals surface area (Å²) in [7, 11) is 0. The minimum atomic E-state index is 0.537. The summed E-state index contributed by atoms with van der Waals surface area (Å²) in [6.45, 7) is 19.2. The Bertz CT molecular complexity index is 406. The SMILES string of the molecule is C=C(C)/C(C#N)=C(/CC)C(C#N)=C(C)C.CC.CC. The molecule has 0 atom stereocenters. The Hall–Kier alpha value is -1.80. The molecule has 106 valence electrons. The number of rotatable bonds is 3. The first-order valence-corrected chi connectivity index (χ1v) is 6.86. The second-order valence-electron chi connectivity index (χ2n) is 3.59. The van der Waals surface area contributed by atoms with E-state index >= 15 is 0 Å². The normalized spacial score (nSPS) is 9.16. The van der Waals surface area contributed by atoms with Crippen molar-refractivity contribution in [2.45, 2.75) is 61.8 Å². The van der Waals surface area contributed by atoms with Crippen molar-refractivity contribution in [3.8, 4) is 12.1 Å². The summed E-state index contributed by atoms with van der Waals surface area (Å²) in [6, 6.07) is 4.27. The zero-order chi connectivity index (χ0) is 16.0. The first kappa shape index (κ1) is 22.4. The summed E-state index contributed by atoms with van der Waals surface area (Å²) in [5.41, 5.74) is 3.59. The monoisotopic (exact) mass is 260 g/mol. The largest absolute Gasteiger partial charge is 0.192 e. The van der Waals surface area contributed by atoms with Crippen molar-refractivity contribution in [2.24, 2.45) is 0 Å². The maximum atomic E-state index is 9.04. The molecular weight excluding hydrogens is 232 g/mol. The topological polar surface area (TPSA) is 47.6 Å². The van der Waals surface area contributed by atoms with Gasteiger partial charge in [0.15, 0.2) is 0 Å². The van der Waals surface area contributed by atoms with Gasteiger partial charge in [0.1, 0.15) is 0 Å². The average Bonchev–Trinajstić information content (AvgIpc) is 2.42. The third-order valence-electron chi connectivity index (χ3n) is 2.11. The third kappa shape index (κ3) is 8.01. The van der Waals surface area contributed by atoms with Gasteiger partial charge in [-0.15, -0.1) is 0 Å². The van der Waals surface area contributed by atoms with Gasteiger partial charge in [0.25, 0.3) is 0 Å². The van der Waals surface area contributed by atoms with Crippen LogP contribution in [0, 0.1) is 22.7 Å². The van der Waals surface area contributed by atoms with E-state index in [4.69, 9.17) is 10.5 Å². The maximum Gasteiger partial charge on any atom is 0.0997 e. The lowest BCUT2D eigenvalue weighted by atomic mass is 9.93. The number of nitriles is 2. The van der Waals surface area contributed by atoms with Gasteiger partial charge in [0, 0.05) is 0 Å². The lowest BCUT2D eigenvalue weighted by Crippen LogP contribution is -1.95. The highest BCUT2D eigenvalue weighted by Gasteiger charge is 2.11. The summed E-state index contributed by atoms with van der Waals surface area (Å²) in [4.78, 5) is 0. The zero-order valence-corrected chi connectivity index (χ0v) is 13.8. The number of hydrogen-bond acceptors (Lipinski definition) is 2. The Morgan fingerprint density at radius 3 is 1.42 bits per heavy atom. The number of nitrogens with zero attached hydrogens (tertiary/aromatic N) is 2. The van der Waals surface area contributed by atoms with E-state index in [1.165, 1.54) is 0 Å². The minimum Gasteiger partial charge on any atom is -0.192 e. The fourth-order valence-electron chi connectivity index (χ4n) is 1.38. The molecule has 0 radical (unpaired) electrons. The molecule has 19 heavy (non-hydrogen) atoms. The number of hydrogen-bond donors (Lipinski definition) is 0. The summed E-state index contributed by atoms with van der Waals surface area (Å²) in [6.07, 6.45) is 0.670. The molecule has 0 aliphatic rings. The lowest BCUT2D eigenvalue weighted by molar-refractivity contribution is 1.08. The fraction of sp³-hybridized carbons (Fsp3) is 0.529. The summed E-state index contributed by atoms with van der Waals surface area (Å²) >= 11 is 0. The van der Waals surface area contributed by atoms with Crippen LogP contribution < -0.4 is 0 Å². The van der Waals surface area contributed by atoms with Gasteiger partial charge in [-0.25, -0.2) is 0 Å². The molecule has 0 aromatic rings. The van der Waals surface area contributed by atoms with Crippen LogP contribution in [0.5, 0.6) is 0 Å². The Kier molecular flexibility index (Phi) is 16.8. The van der Waals surface area contributed by atoms with Crippen molar-refractivity contribution in [1.29, 1.82) is 10.5 Å². The van der Waals surface area contributed by atoms with Crippen molar-refractivity contribution >= 4 is 0 Å². The van der Waals surface area contributed by atoms with Gasteiger partial charge in [-0.3, -0.25) is 0 Å². The van der Waals surface area contributed by atoms with Crippen molar-refractivity contribution in [1.82, 2.24) is 0 Å². The van der Waals surface area contributed by atoms with Crippen LogP contribution in [-0.2, 0) is 0 Å². The van der Waals surface area contributed by atoms with Gasteiger partial charge in [-0.2, -0.15) is 10.5 Å². The lowest BCUT2D eigenvalue weighted by Gasteiger charge is -2.08. The molecule has 0 aliphatic heterocycles. The predicted octanol–water partition coefficient (Wildman–Crippen LogP) is 5.71. The van der Waals surface area contributed by atoms with E-state index in [2.05, 4.69) is 18.7 Å². The van der Waals surface area contributed by atoms with Crippen molar-refractivity contribution in [3.05, 3.63) is 34.4 Å². The fourth-order valence-corrected chi connectivity index (χ4v) is 1.38. The van der Waals surface area contributed by atoms with Gasteiger partial charge < -0.3 is 0 Å². The van der Waals surface area contributed by atoms with Crippen LogP contribution in [0.4, 0.5) is 0 Å². The van der Waals surface area contributed by atoms with Crippen molar-refractivity contribution in [2.75, 3.05) is 0 Å². The summed E-state index contributed by atoms with van der Waals surface area (Å²) in [5.74, 6) is 0. The van der Waals surface area contributed by atoms with Crippen LogP contribution in [0.25, 0.3) is 0 Å². The molecule has 0 aromatic heterocycles. The van der Waals surface area contributed by atoms with E-state index in [1.54, 1.807) is 6.92 Å². The molecule has 0 saturated carbocycles. The molecule has 0 N–H and O–H groups in total. The van der Waals surface area contributed by atoms with Crippen LogP contribution in [-0.4, -0.2) is 0 Å². The average molecular weight is 260 g/mol. The van der Waals surface area contributed by atoms with Crippen LogP contribution in [0.15, 0.2) is 34.4 Å². The molecule has 2 nitrogen and oxygen atoms in total. The molecular formula is C17H28N2. The van der Waals surface area contributed by atoms with Crippen LogP contribution in [0.1, 0.15) is 61.8 Å². The van der Waals surface area contributed by atoms with Crippen LogP contribution in [0.3, 0.4) is 0 Å². The predicted molar refractivity (Wildman–Crippen MR) is 84.4 cm³/mol. The number of allylic oxidation sites excluding steroid dienone is 5. The van der Waals surface area contributed by atoms with Gasteiger partial charge in [0.05, 0.1) is 23.3 Å². The molecule has 0 aromatic carbocycles. The highest BCUT2D eigenvalue weighted by atomic mass is 14.3. The quantitative estimate of drug-likeness (QED) is 0.482. The smallest absolute Gasteiger partial charge is 0.0997 e. The van der Waals surface area contributed by atoms with E-state index in [0.29, 0.717) is 23.1 Å². The Morgan fingerprint density at radius 1 is 0.895 bits per heavy atom. The second kappa shape index (κ2) is 14.3. The zero-order valence-electron chi connectivity index (χ0n) is 13.8. The van der Waals surface area contributed by atoms with Crippen LogP contribution >= 0.6 is 0 Å². The van der Waals surface area contributed by atoms with E-state index in [0.717, 1.165) is 11.1 Å². The van der Waals surface area contributed by atoms with E-state index in [1.807, 2.05) is 48.5 Å². The van der Waals surface area contributed by atoms with E-state index in [-0.39, 0.29) is 0 Å². The Labute approximate surface area is 119 Å². The standard InChI is InChI=1S/C13H16N2.2C2H6/c1-6-11(12(7-14)9(2)3)13(8-15)10(4)5;2*1-2/h2,6H2,1,3-5H3;2*1-2H3/b12-11-;;. The molecule has 0 heterocycles. The summed E-state index contributed by atoms with van der Waals surface area (Å²) < 4.78 is 0. The van der Waals surface area contributed by atoms with Gasteiger partial charge >= 0.3 is 0 Å². The highest BCUT2D eigenvalue weighted by Crippen LogP contribution is 2.24. The second-order valence-corrected chi connectivity index (χ2v) is 3.59. The van der Waals surface area contributed by atoms with Gasteiger partial charge in [-0.05, 0) is 38.3 Å². The first-order chi connectivity index (χ1) is 8.99. The molecule has 2 heteroatoms. The molecule has 0 bridgehead atoms.